The van der Waals surface area contributed by atoms with Crippen LogP contribution in [-0.4, -0.2) is 26.3 Å². The first kappa shape index (κ1) is 10.7. The first-order valence-corrected chi connectivity index (χ1v) is 6.55. The Labute approximate surface area is 83.7 Å². The molecule has 1 N–H and O–H groups in total. The molecule has 0 bridgehead atoms. The molecule has 1 rings (SSSR count). The Bertz CT molecular complexity index is 147. The summed E-state index contributed by atoms with van der Waals surface area (Å²) in [7, 11) is 0. The van der Waals surface area contributed by atoms with E-state index in [0.717, 1.165) is 12.8 Å². The van der Waals surface area contributed by atoms with Gasteiger partial charge in [-0.15, -0.1) is 23.5 Å². The summed E-state index contributed by atoms with van der Waals surface area (Å²) in [6.07, 6.45) is 1.72. The molecule has 72 valence electrons. The molecule has 1 nitrogen and oxygen atoms in total. The van der Waals surface area contributed by atoms with Crippen molar-refractivity contribution in [1.29, 1.82) is 0 Å². The molecule has 1 saturated heterocycles. The summed E-state index contributed by atoms with van der Waals surface area (Å²) in [6, 6.07) is 0. The molecule has 0 amide bonds. The van der Waals surface area contributed by atoms with Gasteiger partial charge in [0.25, 0.3) is 0 Å². The summed E-state index contributed by atoms with van der Waals surface area (Å²) in [6.45, 7) is 6.34. The van der Waals surface area contributed by atoms with Crippen molar-refractivity contribution in [3.63, 3.8) is 0 Å². The van der Waals surface area contributed by atoms with Crippen LogP contribution in [0.15, 0.2) is 0 Å². The average molecular weight is 206 g/mol. The predicted octanol–water partition coefficient (Wildman–Crippen LogP) is 2.73. The second-order valence-corrected chi connectivity index (χ2v) is 6.67. The molecule has 0 atom stereocenters. The zero-order valence-corrected chi connectivity index (χ0v) is 9.73. The maximum atomic E-state index is 10.3. The quantitative estimate of drug-likeness (QED) is 0.767. The third-order valence-corrected chi connectivity index (χ3v) is 6.50. The lowest BCUT2D eigenvalue weighted by Gasteiger charge is -2.40. The minimum atomic E-state index is -0.473. The lowest BCUT2D eigenvalue weighted by atomic mass is 9.93. The molecule has 0 spiro atoms. The van der Waals surface area contributed by atoms with Crippen LogP contribution in [-0.2, 0) is 0 Å². The fourth-order valence-electron chi connectivity index (χ4n) is 1.68. The van der Waals surface area contributed by atoms with Gasteiger partial charge in [0, 0.05) is 11.5 Å². The first-order chi connectivity index (χ1) is 5.58. The van der Waals surface area contributed by atoms with E-state index < -0.39 is 5.60 Å². The molecular formula is C9H18OS2. The Morgan fingerprint density at radius 1 is 1.25 bits per heavy atom. The van der Waals surface area contributed by atoms with E-state index >= 15 is 0 Å². The standard InChI is InChI=1S/C9H18OS2/c1-4-9(10,5-2)8(3)11-6-7-12-8/h10H,4-7H2,1-3H3. The molecule has 12 heavy (non-hydrogen) atoms. The highest BCUT2D eigenvalue weighted by Crippen LogP contribution is 2.52. The molecule has 1 fully saturated rings. The highest BCUT2D eigenvalue weighted by Gasteiger charge is 2.47. The van der Waals surface area contributed by atoms with Crippen molar-refractivity contribution < 1.29 is 5.11 Å². The van der Waals surface area contributed by atoms with Gasteiger partial charge < -0.3 is 5.11 Å². The molecule has 0 aliphatic carbocycles. The van der Waals surface area contributed by atoms with E-state index in [1.807, 2.05) is 23.5 Å². The Hall–Kier alpha value is 0.660. The van der Waals surface area contributed by atoms with Gasteiger partial charge in [0.05, 0.1) is 9.68 Å². The number of hydrogen-bond acceptors (Lipinski definition) is 3. The lowest BCUT2D eigenvalue weighted by molar-refractivity contribution is 0.0252. The monoisotopic (exact) mass is 206 g/mol. The summed E-state index contributed by atoms with van der Waals surface area (Å²) in [5.74, 6) is 2.37. The number of hydrogen-bond donors (Lipinski definition) is 1. The molecule has 0 aromatic heterocycles. The van der Waals surface area contributed by atoms with E-state index in [2.05, 4.69) is 20.8 Å². The molecule has 0 unspecified atom stereocenters. The fourth-order valence-corrected chi connectivity index (χ4v) is 5.07. The molecule has 0 aromatic carbocycles. The van der Waals surface area contributed by atoms with E-state index in [-0.39, 0.29) is 4.08 Å². The molecule has 0 radical (unpaired) electrons. The summed E-state index contributed by atoms with van der Waals surface area (Å²) in [5, 5.41) is 10.3. The van der Waals surface area contributed by atoms with Gasteiger partial charge in [-0.25, -0.2) is 0 Å². The molecule has 0 saturated carbocycles. The minimum Gasteiger partial charge on any atom is -0.388 e. The Kier molecular flexibility index (Phi) is 3.41. The van der Waals surface area contributed by atoms with Crippen LogP contribution in [0.3, 0.4) is 0 Å². The molecule has 1 aliphatic heterocycles. The van der Waals surface area contributed by atoms with Crippen molar-refractivity contribution in [3.05, 3.63) is 0 Å². The summed E-state index contributed by atoms with van der Waals surface area (Å²) >= 11 is 3.83. The number of thioether (sulfide) groups is 2. The van der Waals surface area contributed by atoms with Crippen LogP contribution in [0.25, 0.3) is 0 Å². The maximum Gasteiger partial charge on any atom is 0.0876 e. The van der Waals surface area contributed by atoms with Crippen LogP contribution < -0.4 is 0 Å². The maximum absolute atomic E-state index is 10.3. The smallest absolute Gasteiger partial charge is 0.0876 e. The van der Waals surface area contributed by atoms with Crippen molar-refractivity contribution in [1.82, 2.24) is 0 Å². The van der Waals surface area contributed by atoms with Gasteiger partial charge in [-0.3, -0.25) is 0 Å². The molecular weight excluding hydrogens is 188 g/mol. The van der Waals surface area contributed by atoms with Crippen LogP contribution in [0.5, 0.6) is 0 Å². The Balaban J connectivity index is 2.75. The van der Waals surface area contributed by atoms with Crippen LogP contribution in [0, 0.1) is 0 Å². The SMILES string of the molecule is CCC(O)(CC)C1(C)SCCS1. The van der Waals surface area contributed by atoms with Crippen LogP contribution in [0.4, 0.5) is 0 Å². The van der Waals surface area contributed by atoms with Crippen LogP contribution in [0.1, 0.15) is 33.6 Å². The Morgan fingerprint density at radius 3 is 2.00 bits per heavy atom. The third kappa shape index (κ3) is 1.64. The van der Waals surface area contributed by atoms with Gasteiger partial charge in [0.15, 0.2) is 0 Å². The molecule has 0 aromatic rings. The zero-order valence-electron chi connectivity index (χ0n) is 8.09. The average Bonchev–Trinajstić information content (AvgIpc) is 2.52. The largest absolute Gasteiger partial charge is 0.388 e. The van der Waals surface area contributed by atoms with Crippen molar-refractivity contribution in [2.24, 2.45) is 0 Å². The number of rotatable bonds is 3. The van der Waals surface area contributed by atoms with Gasteiger partial charge in [0.1, 0.15) is 0 Å². The summed E-state index contributed by atoms with van der Waals surface area (Å²) < 4.78 is 0.0382. The van der Waals surface area contributed by atoms with Crippen molar-refractivity contribution in [2.75, 3.05) is 11.5 Å². The second-order valence-electron chi connectivity index (χ2n) is 3.38. The van der Waals surface area contributed by atoms with Gasteiger partial charge in [-0.05, 0) is 19.8 Å². The third-order valence-electron chi connectivity index (χ3n) is 2.85. The van der Waals surface area contributed by atoms with E-state index in [4.69, 9.17) is 0 Å². The van der Waals surface area contributed by atoms with E-state index in [9.17, 15) is 5.11 Å². The predicted molar refractivity (Wildman–Crippen MR) is 58.9 cm³/mol. The van der Waals surface area contributed by atoms with E-state index in [0.29, 0.717) is 0 Å². The highest BCUT2D eigenvalue weighted by atomic mass is 32.2. The van der Waals surface area contributed by atoms with E-state index in [1.54, 1.807) is 0 Å². The Morgan fingerprint density at radius 2 is 1.67 bits per heavy atom. The summed E-state index contributed by atoms with van der Waals surface area (Å²) in [4.78, 5) is 0. The second kappa shape index (κ2) is 3.81. The van der Waals surface area contributed by atoms with Gasteiger partial charge in [-0.2, -0.15) is 0 Å². The minimum absolute atomic E-state index is 0.0382. The van der Waals surface area contributed by atoms with Gasteiger partial charge in [-0.1, -0.05) is 13.8 Å². The lowest BCUT2D eigenvalue weighted by Crippen LogP contribution is -2.45. The van der Waals surface area contributed by atoms with E-state index in [1.165, 1.54) is 11.5 Å². The molecule has 1 heterocycles. The number of aliphatic hydroxyl groups is 1. The van der Waals surface area contributed by atoms with Gasteiger partial charge in [0.2, 0.25) is 0 Å². The zero-order chi connectivity index (χ0) is 9.24. The topological polar surface area (TPSA) is 20.2 Å². The van der Waals surface area contributed by atoms with Crippen LogP contribution in [0.2, 0.25) is 0 Å². The normalized spacial score (nSPS) is 23.0. The molecule has 1 aliphatic rings. The first-order valence-electron chi connectivity index (χ1n) is 4.58. The molecule has 3 heteroatoms. The fraction of sp³-hybridized carbons (Fsp3) is 1.00. The van der Waals surface area contributed by atoms with Crippen LogP contribution >= 0.6 is 23.5 Å². The van der Waals surface area contributed by atoms with Crippen molar-refractivity contribution in [2.45, 2.75) is 43.3 Å². The van der Waals surface area contributed by atoms with Crippen molar-refractivity contribution >= 4 is 23.5 Å². The summed E-state index contributed by atoms with van der Waals surface area (Å²) in [5.41, 5.74) is -0.473. The van der Waals surface area contributed by atoms with Crippen molar-refractivity contribution in [3.8, 4) is 0 Å². The highest BCUT2D eigenvalue weighted by molar-refractivity contribution is 8.21. The van der Waals surface area contributed by atoms with Gasteiger partial charge >= 0.3 is 0 Å².